The van der Waals surface area contributed by atoms with Gasteiger partial charge in [0.1, 0.15) is 5.75 Å². The number of rotatable bonds is 5. The number of anilines is 1. The molecule has 0 atom stereocenters. The predicted octanol–water partition coefficient (Wildman–Crippen LogP) is 2.80. The molecule has 1 N–H and O–H groups in total. The molecule has 0 saturated heterocycles. The van der Waals surface area contributed by atoms with Gasteiger partial charge in [-0.15, -0.1) is 0 Å². The zero-order chi connectivity index (χ0) is 15.9. The fraction of sp³-hybridized carbons (Fsp3) is 0.176. The fourth-order valence-electron chi connectivity index (χ4n) is 1.94. The van der Waals surface area contributed by atoms with Crippen molar-refractivity contribution >= 4 is 17.6 Å². The molecule has 5 heteroatoms. The third-order valence-corrected chi connectivity index (χ3v) is 3.08. The van der Waals surface area contributed by atoms with Gasteiger partial charge in [-0.05, 0) is 30.7 Å². The number of benzene rings is 2. The second-order valence-corrected chi connectivity index (χ2v) is 4.64. The third-order valence-electron chi connectivity index (χ3n) is 3.08. The van der Waals surface area contributed by atoms with Crippen molar-refractivity contribution < 1.29 is 19.1 Å². The Hall–Kier alpha value is -2.82. The maximum absolute atomic E-state index is 11.9. The molecule has 0 aliphatic heterocycles. The van der Waals surface area contributed by atoms with E-state index in [1.165, 1.54) is 7.11 Å². The van der Waals surface area contributed by atoms with E-state index in [2.05, 4.69) is 5.32 Å². The van der Waals surface area contributed by atoms with Gasteiger partial charge in [0, 0.05) is 0 Å². The van der Waals surface area contributed by atoms with Gasteiger partial charge in [0.05, 0.1) is 18.4 Å². The van der Waals surface area contributed by atoms with E-state index in [1.807, 2.05) is 19.1 Å². The maximum Gasteiger partial charge on any atom is 0.338 e. The molecular formula is C17H17NO4. The van der Waals surface area contributed by atoms with E-state index < -0.39 is 11.9 Å². The van der Waals surface area contributed by atoms with E-state index in [0.717, 1.165) is 5.56 Å². The number of para-hydroxylation sites is 2. The fourth-order valence-corrected chi connectivity index (χ4v) is 1.94. The molecule has 1 amide bonds. The van der Waals surface area contributed by atoms with E-state index in [9.17, 15) is 9.59 Å². The molecule has 0 spiro atoms. The van der Waals surface area contributed by atoms with Crippen molar-refractivity contribution in [2.75, 3.05) is 19.0 Å². The van der Waals surface area contributed by atoms with Crippen LogP contribution in [0.5, 0.6) is 5.75 Å². The second kappa shape index (κ2) is 7.26. The molecule has 0 radical (unpaired) electrons. The summed E-state index contributed by atoms with van der Waals surface area (Å²) in [4.78, 5) is 23.8. The highest BCUT2D eigenvalue weighted by Gasteiger charge is 2.13. The van der Waals surface area contributed by atoms with Gasteiger partial charge in [0.15, 0.2) is 6.61 Å². The number of hydrogen-bond acceptors (Lipinski definition) is 4. The van der Waals surface area contributed by atoms with Crippen LogP contribution in [0, 0.1) is 6.92 Å². The zero-order valence-corrected chi connectivity index (χ0v) is 12.5. The summed E-state index contributed by atoms with van der Waals surface area (Å²) >= 11 is 0. The normalized spacial score (nSPS) is 9.91. The molecule has 0 aromatic heterocycles. The van der Waals surface area contributed by atoms with E-state index in [-0.39, 0.29) is 6.61 Å². The number of hydrogen-bond donors (Lipinski definition) is 1. The Bertz CT molecular complexity index is 682. The lowest BCUT2D eigenvalue weighted by molar-refractivity contribution is -0.119. The van der Waals surface area contributed by atoms with Crippen molar-refractivity contribution in [2.24, 2.45) is 0 Å². The van der Waals surface area contributed by atoms with Crippen LogP contribution in [0.25, 0.3) is 0 Å². The van der Waals surface area contributed by atoms with E-state index in [1.54, 1.807) is 36.4 Å². The molecule has 2 aromatic carbocycles. The SMILES string of the molecule is COc1ccccc1NC(=O)COC(=O)c1ccccc1C. The first-order chi connectivity index (χ1) is 10.6. The smallest absolute Gasteiger partial charge is 0.338 e. The summed E-state index contributed by atoms with van der Waals surface area (Å²) in [5.74, 6) is -0.402. The van der Waals surface area contributed by atoms with Crippen LogP contribution in [0.2, 0.25) is 0 Å². The Balaban J connectivity index is 1.93. The first-order valence-corrected chi connectivity index (χ1v) is 6.77. The quantitative estimate of drug-likeness (QED) is 0.862. The summed E-state index contributed by atoms with van der Waals surface area (Å²) in [7, 11) is 1.52. The summed E-state index contributed by atoms with van der Waals surface area (Å²) in [6.07, 6.45) is 0. The minimum atomic E-state index is -0.520. The van der Waals surface area contributed by atoms with Crippen LogP contribution in [-0.4, -0.2) is 25.6 Å². The highest BCUT2D eigenvalue weighted by molar-refractivity contribution is 5.96. The molecule has 5 nitrogen and oxygen atoms in total. The lowest BCUT2D eigenvalue weighted by Crippen LogP contribution is -2.21. The number of esters is 1. The Morgan fingerprint density at radius 1 is 1.05 bits per heavy atom. The molecule has 114 valence electrons. The first kappa shape index (κ1) is 15.6. The van der Waals surface area contributed by atoms with Gasteiger partial charge in [0.2, 0.25) is 0 Å². The van der Waals surface area contributed by atoms with E-state index >= 15 is 0 Å². The van der Waals surface area contributed by atoms with Gasteiger partial charge >= 0.3 is 5.97 Å². The molecule has 2 aromatic rings. The summed E-state index contributed by atoms with van der Waals surface area (Å²) in [6, 6.07) is 14.1. The minimum Gasteiger partial charge on any atom is -0.495 e. The maximum atomic E-state index is 11.9. The molecule has 0 heterocycles. The Morgan fingerprint density at radius 3 is 2.45 bits per heavy atom. The molecular weight excluding hydrogens is 282 g/mol. The van der Waals surface area contributed by atoms with Gasteiger partial charge < -0.3 is 14.8 Å². The number of carbonyl (C=O) groups is 2. The molecule has 0 aliphatic rings. The molecule has 0 bridgehead atoms. The molecule has 22 heavy (non-hydrogen) atoms. The summed E-state index contributed by atoms with van der Waals surface area (Å²) < 4.78 is 10.2. The Kier molecular flexibility index (Phi) is 5.14. The zero-order valence-electron chi connectivity index (χ0n) is 12.5. The first-order valence-electron chi connectivity index (χ1n) is 6.77. The number of carbonyl (C=O) groups excluding carboxylic acids is 2. The molecule has 0 aliphatic carbocycles. The number of amides is 1. The average molecular weight is 299 g/mol. The number of aryl methyl sites for hydroxylation is 1. The van der Waals surface area contributed by atoms with Crippen molar-refractivity contribution in [1.82, 2.24) is 0 Å². The standard InChI is InChI=1S/C17H17NO4/c1-12-7-3-4-8-13(12)17(20)22-11-16(19)18-14-9-5-6-10-15(14)21-2/h3-10H,11H2,1-2H3,(H,18,19). The highest BCUT2D eigenvalue weighted by atomic mass is 16.5. The highest BCUT2D eigenvalue weighted by Crippen LogP contribution is 2.22. The Morgan fingerprint density at radius 2 is 1.73 bits per heavy atom. The number of methoxy groups -OCH3 is 1. The van der Waals surface area contributed by atoms with E-state index in [0.29, 0.717) is 17.0 Å². The van der Waals surface area contributed by atoms with Crippen LogP contribution in [-0.2, 0) is 9.53 Å². The lowest BCUT2D eigenvalue weighted by Gasteiger charge is -2.10. The van der Waals surface area contributed by atoms with Crippen molar-refractivity contribution in [3.8, 4) is 5.75 Å². The monoisotopic (exact) mass is 299 g/mol. The van der Waals surface area contributed by atoms with E-state index in [4.69, 9.17) is 9.47 Å². The van der Waals surface area contributed by atoms with Crippen molar-refractivity contribution in [1.29, 1.82) is 0 Å². The van der Waals surface area contributed by atoms with Crippen molar-refractivity contribution in [3.05, 3.63) is 59.7 Å². The van der Waals surface area contributed by atoms with Gasteiger partial charge in [0.25, 0.3) is 5.91 Å². The molecule has 0 fully saturated rings. The molecule has 2 rings (SSSR count). The second-order valence-electron chi connectivity index (χ2n) is 4.64. The minimum absolute atomic E-state index is 0.356. The van der Waals surface area contributed by atoms with Gasteiger partial charge in [-0.25, -0.2) is 4.79 Å². The van der Waals surface area contributed by atoms with Crippen LogP contribution in [0.15, 0.2) is 48.5 Å². The predicted molar refractivity (Wildman–Crippen MR) is 83.1 cm³/mol. The number of ether oxygens (including phenoxy) is 2. The third kappa shape index (κ3) is 3.85. The summed E-state index contributed by atoms with van der Waals surface area (Å²) in [6.45, 7) is 1.46. The van der Waals surface area contributed by atoms with Gasteiger partial charge in [-0.1, -0.05) is 30.3 Å². The van der Waals surface area contributed by atoms with Gasteiger partial charge in [-0.3, -0.25) is 4.79 Å². The molecule has 0 saturated carbocycles. The summed E-state index contributed by atoms with van der Waals surface area (Å²) in [5, 5.41) is 2.64. The number of nitrogens with one attached hydrogen (secondary N) is 1. The van der Waals surface area contributed by atoms with Crippen LogP contribution in [0.3, 0.4) is 0 Å². The van der Waals surface area contributed by atoms with Crippen LogP contribution in [0.1, 0.15) is 15.9 Å². The van der Waals surface area contributed by atoms with Crippen LogP contribution in [0.4, 0.5) is 5.69 Å². The largest absolute Gasteiger partial charge is 0.495 e. The van der Waals surface area contributed by atoms with Gasteiger partial charge in [-0.2, -0.15) is 0 Å². The molecule has 0 unspecified atom stereocenters. The lowest BCUT2D eigenvalue weighted by atomic mass is 10.1. The average Bonchev–Trinajstić information content (AvgIpc) is 2.53. The Labute approximate surface area is 128 Å². The summed E-state index contributed by atoms with van der Waals surface area (Å²) in [5.41, 5.74) is 1.78. The van der Waals surface area contributed by atoms with Crippen molar-refractivity contribution in [2.45, 2.75) is 6.92 Å². The van der Waals surface area contributed by atoms with Crippen molar-refractivity contribution in [3.63, 3.8) is 0 Å². The topological polar surface area (TPSA) is 64.6 Å². The van der Waals surface area contributed by atoms with Crippen LogP contribution < -0.4 is 10.1 Å². The van der Waals surface area contributed by atoms with Crippen LogP contribution >= 0.6 is 0 Å².